The molecule has 1 aromatic rings. The Kier molecular flexibility index (Phi) is 3.04. The summed E-state index contributed by atoms with van der Waals surface area (Å²) in [6.07, 6.45) is -3.81. The van der Waals surface area contributed by atoms with Crippen LogP contribution in [-0.4, -0.2) is 11.3 Å². The lowest BCUT2D eigenvalue weighted by Gasteiger charge is -2.14. The predicted octanol–water partition coefficient (Wildman–Crippen LogP) is 1.33. The number of aromatic nitrogens is 1. The standard InChI is InChI=1S/C8H10F3N3O/c1-4-7(13)5(2-12)6(3-14-4)15-8(9,10)11/h3H,2,12-13H2,1H3. The minimum absolute atomic E-state index is 0.111. The van der Waals surface area contributed by atoms with E-state index in [1.807, 2.05) is 0 Å². The zero-order chi connectivity index (χ0) is 11.6. The van der Waals surface area contributed by atoms with E-state index >= 15 is 0 Å². The lowest BCUT2D eigenvalue weighted by molar-refractivity contribution is -0.275. The Morgan fingerprint density at radius 3 is 2.53 bits per heavy atom. The van der Waals surface area contributed by atoms with Gasteiger partial charge in [-0.1, -0.05) is 0 Å². The number of alkyl halides is 3. The molecule has 0 saturated heterocycles. The van der Waals surface area contributed by atoms with Gasteiger partial charge in [0.15, 0.2) is 5.75 Å². The Hall–Kier alpha value is -1.50. The van der Waals surface area contributed by atoms with E-state index in [0.29, 0.717) is 5.69 Å². The van der Waals surface area contributed by atoms with Crippen LogP contribution in [0, 0.1) is 6.92 Å². The van der Waals surface area contributed by atoms with E-state index in [9.17, 15) is 13.2 Å². The smallest absolute Gasteiger partial charge is 0.404 e. The predicted molar refractivity (Wildman–Crippen MR) is 48.0 cm³/mol. The summed E-state index contributed by atoms with van der Waals surface area (Å²) in [5.74, 6) is -0.451. The molecule has 0 unspecified atom stereocenters. The molecule has 0 aromatic carbocycles. The second-order valence-corrected chi connectivity index (χ2v) is 2.85. The third kappa shape index (κ3) is 2.72. The normalized spacial score (nSPS) is 11.5. The van der Waals surface area contributed by atoms with E-state index in [-0.39, 0.29) is 17.8 Å². The number of anilines is 1. The zero-order valence-corrected chi connectivity index (χ0v) is 7.93. The molecular weight excluding hydrogens is 211 g/mol. The van der Waals surface area contributed by atoms with E-state index < -0.39 is 12.1 Å². The topological polar surface area (TPSA) is 74.2 Å². The van der Waals surface area contributed by atoms with Gasteiger partial charge in [0.05, 0.1) is 17.6 Å². The quantitative estimate of drug-likeness (QED) is 0.790. The lowest BCUT2D eigenvalue weighted by atomic mass is 10.1. The van der Waals surface area contributed by atoms with Crippen molar-refractivity contribution in [3.8, 4) is 5.75 Å². The molecule has 0 fully saturated rings. The Morgan fingerprint density at radius 2 is 2.07 bits per heavy atom. The molecule has 4 nitrogen and oxygen atoms in total. The summed E-state index contributed by atoms with van der Waals surface area (Å²) < 4.78 is 39.6. The summed E-state index contributed by atoms with van der Waals surface area (Å²) in [5, 5.41) is 0. The number of nitrogen functional groups attached to an aromatic ring is 1. The van der Waals surface area contributed by atoms with Crippen LogP contribution in [0.15, 0.2) is 6.20 Å². The van der Waals surface area contributed by atoms with E-state index in [2.05, 4.69) is 9.72 Å². The van der Waals surface area contributed by atoms with E-state index in [1.165, 1.54) is 0 Å². The Bertz CT molecular complexity index is 365. The van der Waals surface area contributed by atoms with Gasteiger partial charge in [-0.3, -0.25) is 4.98 Å². The molecule has 84 valence electrons. The van der Waals surface area contributed by atoms with Gasteiger partial charge in [0.1, 0.15) is 0 Å². The fraction of sp³-hybridized carbons (Fsp3) is 0.375. The summed E-state index contributed by atoms with van der Waals surface area (Å²) in [5.41, 5.74) is 11.5. The number of aryl methyl sites for hydroxylation is 1. The summed E-state index contributed by atoms with van der Waals surface area (Å²) in [6, 6.07) is 0. The molecule has 0 atom stereocenters. The second kappa shape index (κ2) is 3.93. The maximum Gasteiger partial charge on any atom is 0.573 e. The highest BCUT2D eigenvalue weighted by atomic mass is 19.4. The average Bonchev–Trinajstić information content (AvgIpc) is 2.10. The van der Waals surface area contributed by atoms with Crippen molar-refractivity contribution in [2.75, 3.05) is 5.73 Å². The van der Waals surface area contributed by atoms with Gasteiger partial charge in [0.25, 0.3) is 0 Å². The molecule has 0 radical (unpaired) electrons. The van der Waals surface area contributed by atoms with Crippen LogP contribution in [0.4, 0.5) is 18.9 Å². The molecule has 0 aliphatic rings. The van der Waals surface area contributed by atoms with E-state index in [1.54, 1.807) is 6.92 Å². The van der Waals surface area contributed by atoms with Gasteiger partial charge in [0.2, 0.25) is 0 Å². The van der Waals surface area contributed by atoms with Crippen molar-refractivity contribution in [1.82, 2.24) is 4.98 Å². The maximum absolute atomic E-state index is 12.0. The number of halogens is 3. The Morgan fingerprint density at radius 1 is 1.47 bits per heavy atom. The first kappa shape index (κ1) is 11.6. The van der Waals surface area contributed by atoms with Gasteiger partial charge >= 0.3 is 6.36 Å². The van der Waals surface area contributed by atoms with Crippen molar-refractivity contribution in [1.29, 1.82) is 0 Å². The highest BCUT2D eigenvalue weighted by molar-refractivity contribution is 5.56. The molecule has 7 heteroatoms. The van der Waals surface area contributed by atoms with Gasteiger partial charge < -0.3 is 16.2 Å². The fourth-order valence-electron chi connectivity index (χ4n) is 1.08. The van der Waals surface area contributed by atoms with Gasteiger partial charge in [-0.15, -0.1) is 13.2 Å². The minimum atomic E-state index is -4.77. The van der Waals surface area contributed by atoms with Gasteiger partial charge in [-0.25, -0.2) is 0 Å². The van der Waals surface area contributed by atoms with Crippen molar-refractivity contribution in [2.24, 2.45) is 5.73 Å². The number of nitrogens with zero attached hydrogens (tertiary/aromatic N) is 1. The number of pyridine rings is 1. The van der Waals surface area contributed by atoms with Crippen molar-refractivity contribution in [3.05, 3.63) is 17.5 Å². The molecule has 0 spiro atoms. The van der Waals surface area contributed by atoms with Crippen molar-refractivity contribution >= 4 is 5.69 Å². The molecule has 0 saturated carbocycles. The molecule has 0 aliphatic heterocycles. The summed E-state index contributed by atoms with van der Waals surface area (Å²) >= 11 is 0. The molecule has 15 heavy (non-hydrogen) atoms. The van der Waals surface area contributed by atoms with Crippen LogP contribution in [-0.2, 0) is 6.54 Å². The number of hydrogen-bond donors (Lipinski definition) is 2. The Balaban J connectivity index is 3.14. The zero-order valence-electron chi connectivity index (χ0n) is 7.93. The lowest BCUT2D eigenvalue weighted by Crippen LogP contribution is -2.19. The van der Waals surface area contributed by atoms with Crippen LogP contribution < -0.4 is 16.2 Å². The molecule has 1 aromatic heterocycles. The van der Waals surface area contributed by atoms with Gasteiger partial charge in [-0.2, -0.15) is 0 Å². The first-order valence-corrected chi connectivity index (χ1v) is 4.05. The molecule has 4 N–H and O–H groups in total. The number of nitrogens with two attached hydrogens (primary N) is 2. The molecule has 0 amide bonds. The average molecular weight is 221 g/mol. The van der Waals surface area contributed by atoms with Crippen LogP contribution in [0.3, 0.4) is 0 Å². The second-order valence-electron chi connectivity index (χ2n) is 2.85. The molecule has 0 bridgehead atoms. The van der Waals surface area contributed by atoms with Crippen LogP contribution in [0.2, 0.25) is 0 Å². The van der Waals surface area contributed by atoms with Gasteiger partial charge in [-0.05, 0) is 6.92 Å². The molecule has 1 rings (SSSR count). The number of rotatable bonds is 2. The summed E-state index contributed by atoms with van der Waals surface area (Å²) in [7, 11) is 0. The highest BCUT2D eigenvalue weighted by Gasteiger charge is 2.32. The monoisotopic (exact) mass is 221 g/mol. The minimum Gasteiger partial charge on any atom is -0.404 e. The van der Waals surface area contributed by atoms with Crippen molar-refractivity contribution in [2.45, 2.75) is 19.8 Å². The Labute approximate surface area is 84.0 Å². The largest absolute Gasteiger partial charge is 0.573 e. The van der Waals surface area contributed by atoms with Crippen LogP contribution in [0.5, 0.6) is 5.75 Å². The highest BCUT2D eigenvalue weighted by Crippen LogP contribution is 2.29. The van der Waals surface area contributed by atoms with Crippen LogP contribution in [0.1, 0.15) is 11.3 Å². The maximum atomic E-state index is 12.0. The third-order valence-electron chi connectivity index (χ3n) is 1.82. The van der Waals surface area contributed by atoms with Crippen LogP contribution >= 0.6 is 0 Å². The molecule has 0 aliphatic carbocycles. The number of ether oxygens (including phenoxy) is 1. The van der Waals surface area contributed by atoms with Crippen molar-refractivity contribution < 1.29 is 17.9 Å². The first-order valence-electron chi connectivity index (χ1n) is 4.05. The molecule has 1 heterocycles. The number of hydrogen-bond acceptors (Lipinski definition) is 4. The van der Waals surface area contributed by atoms with Gasteiger partial charge in [0, 0.05) is 12.1 Å². The van der Waals surface area contributed by atoms with E-state index in [4.69, 9.17) is 11.5 Å². The molecular formula is C8H10F3N3O. The fourth-order valence-corrected chi connectivity index (χ4v) is 1.08. The van der Waals surface area contributed by atoms with Crippen LogP contribution in [0.25, 0.3) is 0 Å². The SMILES string of the molecule is Cc1ncc(OC(F)(F)F)c(CN)c1N. The first-order chi connectivity index (χ1) is 6.85. The third-order valence-corrected chi connectivity index (χ3v) is 1.82. The summed E-state index contributed by atoms with van der Waals surface area (Å²) in [6.45, 7) is 1.44. The van der Waals surface area contributed by atoms with Crippen molar-refractivity contribution in [3.63, 3.8) is 0 Å². The summed E-state index contributed by atoms with van der Waals surface area (Å²) in [4.78, 5) is 3.67. The van der Waals surface area contributed by atoms with E-state index in [0.717, 1.165) is 6.20 Å².